The van der Waals surface area contributed by atoms with E-state index in [9.17, 15) is 4.79 Å². The van der Waals surface area contributed by atoms with Crippen molar-refractivity contribution in [2.24, 2.45) is 5.92 Å². The molecule has 3 saturated heterocycles. The summed E-state index contributed by atoms with van der Waals surface area (Å²) in [6.45, 7) is 3.22. The first-order valence-electron chi connectivity index (χ1n) is 9.64. The van der Waals surface area contributed by atoms with Crippen molar-refractivity contribution in [3.63, 3.8) is 0 Å². The average molecular weight is 348 g/mol. The first-order chi connectivity index (χ1) is 12.8. The molecule has 0 saturated carbocycles. The molecule has 2 unspecified atom stereocenters. The Morgan fingerprint density at radius 3 is 2.42 bits per heavy atom. The molecule has 0 aliphatic carbocycles. The van der Waals surface area contributed by atoms with Crippen molar-refractivity contribution in [1.82, 2.24) is 4.90 Å². The summed E-state index contributed by atoms with van der Waals surface area (Å²) in [4.78, 5) is 17.7. The highest BCUT2D eigenvalue weighted by molar-refractivity contribution is 5.88. The lowest BCUT2D eigenvalue weighted by Gasteiger charge is -2.44. The standard InChI is InChI=1S/C22H24N2O2/c25-22(26-21-15-23-12-10-16(21)11-13-23)20-14-17-6-4-5-9-19(17)24(20)18-7-2-1-3-8-18/h1-9,16,20-21H,10-15H2. The lowest BCUT2D eigenvalue weighted by molar-refractivity contribution is -0.160. The Bertz CT molecular complexity index is 799. The van der Waals surface area contributed by atoms with Crippen molar-refractivity contribution in [3.8, 4) is 0 Å². The van der Waals surface area contributed by atoms with Crippen molar-refractivity contribution in [1.29, 1.82) is 0 Å². The number of anilines is 2. The predicted molar refractivity (Wildman–Crippen MR) is 102 cm³/mol. The maximum absolute atomic E-state index is 13.2. The van der Waals surface area contributed by atoms with Crippen LogP contribution in [0.1, 0.15) is 18.4 Å². The molecule has 2 aromatic rings. The van der Waals surface area contributed by atoms with E-state index < -0.39 is 0 Å². The SMILES string of the molecule is O=C(OC1CN2CCC1CC2)C1Cc2ccccc2N1c1ccccc1. The number of benzene rings is 2. The lowest BCUT2D eigenvalue weighted by atomic mass is 9.86. The van der Waals surface area contributed by atoms with Crippen LogP contribution in [0.3, 0.4) is 0 Å². The molecule has 4 heteroatoms. The summed E-state index contributed by atoms with van der Waals surface area (Å²) in [5.74, 6) is 0.460. The number of ether oxygens (including phenoxy) is 1. The number of rotatable bonds is 3. The molecule has 4 nitrogen and oxygen atoms in total. The van der Waals surface area contributed by atoms with E-state index in [4.69, 9.17) is 4.74 Å². The van der Waals surface area contributed by atoms with Crippen molar-refractivity contribution >= 4 is 17.3 Å². The van der Waals surface area contributed by atoms with Crippen LogP contribution in [0.25, 0.3) is 0 Å². The van der Waals surface area contributed by atoms with Gasteiger partial charge in [0.15, 0.2) is 0 Å². The Morgan fingerprint density at radius 2 is 1.69 bits per heavy atom. The summed E-state index contributed by atoms with van der Waals surface area (Å²) < 4.78 is 6.07. The molecule has 0 N–H and O–H groups in total. The minimum atomic E-state index is -0.273. The van der Waals surface area contributed by atoms with Gasteiger partial charge in [-0.2, -0.15) is 0 Å². The van der Waals surface area contributed by atoms with Gasteiger partial charge in [0.05, 0.1) is 0 Å². The van der Waals surface area contributed by atoms with Crippen LogP contribution in [0.15, 0.2) is 54.6 Å². The number of hydrogen-bond donors (Lipinski definition) is 0. The molecule has 2 bridgehead atoms. The van der Waals surface area contributed by atoms with Crippen LogP contribution >= 0.6 is 0 Å². The molecule has 3 fully saturated rings. The van der Waals surface area contributed by atoms with E-state index in [0.717, 1.165) is 43.9 Å². The molecule has 0 radical (unpaired) electrons. The number of para-hydroxylation sites is 2. The van der Waals surface area contributed by atoms with Gasteiger partial charge in [-0.25, -0.2) is 4.79 Å². The van der Waals surface area contributed by atoms with Gasteiger partial charge in [0.1, 0.15) is 12.1 Å². The van der Waals surface area contributed by atoms with Crippen LogP contribution in [0.5, 0.6) is 0 Å². The summed E-state index contributed by atoms with van der Waals surface area (Å²) >= 11 is 0. The van der Waals surface area contributed by atoms with Gasteiger partial charge in [0.25, 0.3) is 0 Å². The minimum absolute atomic E-state index is 0.0614. The molecule has 6 rings (SSSR count). The summed E-state index contributed by atoms with van der Waals surface area (Å²) in [7, 11) is 0. The first kappa shape index (κ1) is 15.9. The smallest absolute Gasteiger partial charge is 0.329 e. The monoisotopic (exact) mass is 348 g/mol. The Hall–Kier alpha value is -2.33. The van der Waals surface area contributed by atoms with E-state index in [0.29, 0.717) is 12.3 Å². The van der Waals surface area contributed by atoms with Gasteiger partial charge in [0, 0.05) is 24.3 Å². The molecular formula is C22H24N2O2. The first-order valence-corrected chi connectivity index (χ1v) is 9.64. The number of hydrogen-bond acceptors (Lipinski definition) is 4. The number of fused-ring (bicyclic) bond motifs is 4. The van der Waals surface area contributed by atoms with Crippen LogP contribution in [-0.4, -0.2) is 42.6 Å². The van der Waals surface area contributed by atoms with Gasteiger partial charge in [-0.1, -0.05) is 36.4 Å². The third kappa shape index (κ3) is 2.69. The van der Waals surface area contributed by atoms with Gasteiger partial charge in [0.2, 0.25) is 0 Å². The molecule has 0 amide bonds. The molecular weight excluding hydrogens is 324 g/mol. The van der Waals surface area contributed by atoms with Crippen LogP contribution in [0.2, 0.25) is 0 Å². The number of carbonyl (C=O) groups excluding carboxylic acids is 1. The minimum Gasteiger partial charge on any atom is -0.459 e. The molecule has 0 aromatic heterocycles. The molecule has 26 heavy (non-hydrogen) atoms. The van der Waals surface area contributed by atoms with Gasteiger partial charge in [-0.05, 0) is 55.6 Å². The zero-order valence-corrected chi connectivity index (χ0v) is 14.9. The molecule has 2 aromatic carbocycles. The summed E-state index contributed by atoms with van der Waals surface area (Å²) in [5, 5.41) is 0. The lowest BCUT2D eigenvalue weighted by Crippen LogP contribution is -2.53. The molecule has 4 aliphatic heterocycles. The van der Waals surface area contributed by atoms with Crippen molar-refractivity contribution in [3.05, 3.63) is 60.2 Å². The average Bonchev–Trinajstić information content (AvgIpc) is 3.09. The highest BCUT2D eigenvalue weighted by Gasteiger charge is 2.41. The van der Waals surface area contributed by atoms with E-state index in [1.54, 1.807) is 0 Å². The third-order valence-corrected chi connectivity index (χ3v) is 6.15. The van der Waals surface area contributed by atoms with Gasteiger partial charge in [-0.3, -0.25) is 4.90 Å². The Labute approximate surface area is 154 Å². The largest absolute Gasteiger partial charge is 0.459 e. The van der Waals surface area contributed by atoms with E-state index >= 15 is 0 Å². The second-order valence-corrected chi connectivity index (χ2v) is 7.67. The summed E-state index contributed by atoms with van der Waals surface area (Å²) in [6, 6.07) is 18.2. The van der Waals surface area contributed by atoms with Crippen molar-refractivity contribution in [2.45, 2.75) is 31.4 Å². The van der Waals surface area contributed by atoms with Crippen LogP contribution in [-0.2, 0) is 16.0 Å². The van der Waals surface area contributed by atoms with E-state index in [1.165, 1.54) is 5.56 Å². The maximum Gasteiger partial charge on any atom is 0.329 e. The quantitative estimate of drug-likeness (QED) is 0.796. The molecule has 4 aliphatic rings. The summed E-state index contributed by atoms with van der Waals surface area (Å²) in [5.41, 5.74) is 3.38. The van der Waals surface area contributed by atoms with Crippen LogP contribution in [0.4, 0.5) is 11.4 Å². The second kappa shape index (κ2) is 6.44. The Kier molecular flexibility index (Phi) is 3.93. The van der Waals surface area contributed by atoms with Gasteiger partial charge >= 0.3 is 5.97 Å². The van der Waals surface area contributed by atoms with Gasteiger partial charge < -0.3 is 9.64 Å². The zero-order valence-electron chi connectivity index (χ0n) is 14.9. The molecule has 0 spiro atoms. The Balaban J connectivity index is 1.41. The van der Waals surface area contributed by atoms with Crippen molar-refractivity contribution in [2.75, 3.05) is 24.5 Å². The van der Waals surface area contributed by atoms with Gasteiger partial charge in [-0.15, -0.1) is 0 Å². The number of nitrogens with zero attached hydrogens (tertiary/aromatic N) is 2. The fourth-order valence-corrected chi connectivity index (χ4v) is 4.75. The zero-order chi connectivity index (χ0) is 17.5. The fourth-order valence-electron chi connectivity index (χ4n) is 4.75. The van der Waals surface area contributed by atoms with Crippen LogP contribution in [0, 0.1) is 5.92 Å². The highest BCUT2D eigenvalue weighted by atomic mass is 16.5. The third-order valence-electron chi connectivity index (χ3n) is 6.15. The molecule has 134 valence electrons. The Morgan fingerprint density at radius 1 is 0.962 bits per heavy atom. The van der Waals surface area contributed by atoms with E-state index in [2.05, 4.69) is 34.1 Å². The maximum atomic E-state index is 13.2. The highest BCUT2D eigenvalue weighted by Crippen LogP contribution is 2.39. The second-order valence-electron chi connectivity index (χ2n) is 7.67. The normalized spacial score (nSPS) is 29.5. The molecule has 2 atom stereocenters. The van der Waals surface area contributed by atoms with Crippen LogP contribution < -0.4 is 4.90 Å². The molecule has 4 heterocycles. The summed E-state index contributed by atoms with van der Waals surface area (Å²) in [6.07, 6.45) is 3.09. The van der Waals surface area contributed by atoms with Crippen molar-refractivity contribution < 1.29 is 9.53 Å². The topological polar surface area (TPSA) is 32.8 Å². The number of piperidine rings is 3. The number of esters is 1. The van der Waals surface area contributed by atoms with E-state index in [-0.39, 0.29) is 18.1 Å². The fraction of sp³-hybridized carbons (Fsp3) is 0.409. The van der Waals surface area contributed by atoms with E-state index in [1.807, 2.05) is 30.3 Å². The number of carbonyl (C=O) groups is 1. The predicted octanol–water partition coefficient (Wildman–Crippen LogP) is 3.39.